The minimum atomic E-state index is 0. The molecule has 0 amide bonds. The van der Waals surface area contributed by atoms with Gasteiger partial charge in [0.15, 0.2) is 0 Å². The molecule has 2 rings (SSSR count). The Morgan fingerprint density at radius 1 is 1.00 bits per heavy atom. The van der Waals surface area contributed by atoms with Crippen LogP contribution >= 0.6 is 0 Å². The average molecular weight is 155 g/mol. The maximum absolute atomic E-state index is 2.25. The van der Waals surface area contributed by atoms with Crippen molar-refractivity contribution in [1.29, 1.82) is 0 Å². The Bertz CT molecular complexity index is 248. The van der Waals surface area contributed by atoms with Crippen molar-refractivity contribution in [2.24, 2.45) is 0 Å². The van der Waals surface area contributed by atoms with Gasteiger partial charge in [-0.25, -0.2) is 0 Å². The third-order valence-electron chi connectivity index (χ3n) is 2.13. The van der Waals surface area contributed by atoms with E-state index in [4.69, 9.17) is 0 Å². The summed E-state index contributed by atoms with van der Waals surface area (Å²) in [6.45, 7) is 0.999. The molecule has 0 bridgehead atoms. The van der Waals surface area contributed by atoms with Gasteiger partial charge in [0.05, 0.1) is 18.0 Å². The molecule has 0 saturated carbocycles. The van der Waals surface area contributed by atoms with Crippen molar-refractivity contribution in [2.75, 3.05) is 30.6 Å². The van der Waals surface area contributed by atoms with E-state index in [1.807, 2.05) is 0 Å². The van der Waals surface area contributed by atoms with E-state index in [-0.39, 0.29) is 18.9 Å². The zero-order chi connectivity index (χ0) is 7.84. The molecule has 1 aromatic rings. The normalized spacial score (nSPS) is 14.2. The summed E-state index contributed by atoms with van der Waals surface area (Å²) in [4.78, 5) is 4.49. The zero-order valence-corrected chi connectivity index (χ0v) is 7.91. The molecule has 12 heavy (non-hydrogen) atoms. The molecule has 0 N–H and O–H groups in total. The fraction of sp³-hybridized carbons (Fsp3) is 0.333. The molecule has 1 aliphatic heterocycles. The van der Waals surface area contributed by atoms with Gasteiger partial charge in [-0.2, -0.15) is 0 Å². The predicted molar refractivity (Wildman–Crippen MR) is 53.9 cm³/mol. The van der Waals surface area contributed by atoms with Gasteiger partial charge >= 0.3 is 0 Å². The monoisotopic (exact) mass is 155 g/mol. The SMILES string of the molecule is CN1CN(C)c2ccccc21.[Li]. The molecule has 0 fully saturated rings. The van der Waals surface area contributed by atoms with Crippen LogP contribution in [0.4, 0.5) is 11.4 Å². The van der Waals surface area contributed by atoms with E-state index in [0.717, 1.165) is 6.67 Å². The summed E-state index contributed by atoms with van der Waals surface area (Å²) in [5.41, 5.74) is 2.66. The van der Waals surface area contributed by atoms with Crippen molar-refractivity contribution in [1.82, 2.24) is 0 Å². The maximum atomic E-state index is 2.25. The van der Waals surface area contributed by atoms with Gasteiger partial charge in [-0.15, -0.1) is 0 Å². The molecule has 1 aromatic carbocycles. The molecular weight excluding hydrogens is 143 g/mol. The van der Waals surface area contributed by atoms with Crippen LogP contribution in [-0.2, 0) is 0 Å². The topological polar surface area (TPSA) is 6.48 Å². The van der Waals surface area contributed by atoms with Crippen molar-refractivity contribution < 1.29 is 0 Å². The fourth-order valence-corrected chi connectivity index (χ4v) is 1.58. The molecule has 0 aromatic heterocycles. The second-order valence-corrected chi connectivity index (χ2v) is 3.03. The summed E-state index contributed by atoms with van der Waals surface area (Å²) >= 11 is 0. The molecule has 3 heteroatoms. The summed E-state index contributed by atoms with van der Waals surface area (Å²) in [5.74, 6) is 0. The van der Waals surface area contributed by atoms with Gasteiger partial charge < -0.3 is 9.80 Å². The Balaban J connectivity index is 0.000000720. The third-order valence-corrected chi connectivity index (χ3v) is 2.13. The van der Waals surface area contributed by atoms with Crippen LogP contribution < -0.4 is 9.80 Å². The number of fused-ring (bicyclic) bond motifs is 1. The fourth-order valence-electron chi connectivity index (χ4n) is 1.58. The number of benzene rings is 1. The van der Waals surface area contributed by atoms with Crippen LogP contribution in [0, 0.1) is 0 Å². The van der Waals surface area contributed by atoms with Crippen LogP contribution in [-0.4, -0.2) is 39.6 Å². The van der Waals surface area contributed by atoms with E-state index in [0.29, 0.717) is 0 Å². The van der Waals surface area contributed by atoms with Crippen molar-refractivity contribution in [3.8, 4) is 0 Å². The number of anilines is 2. The van der Waals surface area contributed by atoms with E-state index in [2.05, 4.69) is 48.2 Å². The Labute approximate surface area is 85.3 Å². The summed E-state index contributed by atoms with van der Waals surface area (Å²) in [7, 11) is 4.23. The second-order valence-electron chi connectivity index (χ2n) is 3.03. The van der Waals surface area contributed by atoms with E-state index in [1.165, 1.54) is 11.4 Å². The van der Waals surface area contributed by atoms with E-state index in [1.54, 1.807) is 0 Å². The zero-order valence-electron chi connectivity index (χ0n) is 7.91. The van der Waals surface area contributed by atoms with Crippen LogP contribution in [0.3, 0.4) is 0 Å². The van der Waals surface area contributed by atoms with E-state index < -0.39 is 0 Å². The summed E-state index contributed by atoms with van der Waals surface area (Å²) in [6, 6.07) is 8.46. The molecular formula is C9H12LiN2. The van der Waals surface area contributed by atoms with Gasteiger partial charge in [0, 0.05) is 33.0 Å². The minimum absolute atomic E-state index is 0. The first kappa shape index (κ1) is 9.50. The quantitative estimate of drug-likeness (QED) is 0.518. The minimum Gasteiger partial charge on any atom is -0.355 e. The van der Waals surface area contributed by atoms with Crippen LogP contribution in [0.25, 0.3) is 0 Å². The first-order valence-corrected chi connectivity index (χ1v) is 3.80. The summed E-state index contributed by atoms with van der Waals surface area (Å²) in [6.07, 6.45) is 0. The summed E-state index contributed by atoms with van der Waals surface area (Å²) < 4.78 is 0. The number of nitrogens with zero attached hydrogens (tertiary/aromatic N) is 2. The molecule has 1 radical (unpaired) electrons. The molecule has 0 atom stereocenters. The number of rotatable bonds is 0. The largest absolute Gasteiger partial charge is 0.355 e. The number of hydrogen-bond acceptors (Lipinski definition) is 2. The van der Waals surface area contributed by atoms with E-state index in [9.17, 15) is 0 Å². The van der Waals surface area contributed by atoms with Gasteiger partial charge in [0.25, 0.3) is 0 Å². The number of hydrogen-bond donors (Lipinski definition) is 0. The Morgan fingerprint density at radius 3 is 1.83 bits per heavy atom. The van der Waals surface area contributed by atoms with Crippen LogP contribution in [0.5, 0.6) is 0 Å². The smallest absolute Gasteiger partial charge is 0.0898 e. The number of para-hydroxylation sites is 2. The van der Waals surface area contributed by atoms with Gasteiger partial charge in [0.1, 0.15) is 0 Å². The van der Waals surface area contributed by atoms with Crippen molar-refractivity contribution in [3.05, 3.63) is 24.3 Å². The van der Waals surface area contributed by atoms with Crippen LogP contribution in [0.1, 0.15) is 0 Å². The molecule has 2 nitrogen and oxygen atoms in total. The Kier molecular flexibility index (Phi) is 2.72. The standard InChI is InChI=1S/C9H12N2.Li/c1-10-7-11(2)9-6-4-3-5-8(9)10;/h3-6H,7H2,1-2H3;. The molecule has 0 spiro atoms. The first-order chi connectivity index (χ1) is 5.29. The summed E-state index contributed by atoms with van der Waals surface area (Å²) in [5, 5.41) is 0. The average Bonchev–Trinajstić information content (AvgIpc) is 2.30. The molecule has 59 valence electrons. The van der Waals surface area contributed by atoms with Crippen molar-refractivity contribution in [3.63, 3.8) is 0 Å². The molecule has 1 aliphatic rings. The molecule has 1 heterocycles. The van der Waals surface area contributed by atoms with Crippen LogP contribution in [0.15, 0.2) is 24.3 Å². The molecule has 0 saturated heterocycles. The predicted octanol–water partition coefficient (Wildman–Crippen LogP) is 1.15. The molecule has 0 aliphatic carbocycles. The molecule has 0 unspecified atom stereocenters. The van der Waals surface area contributed by atoms with E-state index >= 15 is 0 Å². The second kappa shape index (κ2) is 3.43. The Hall–Kier alpha value is -0.583. The first-order valence-electron chi connectivity index (χ1n) is 3.80. The Morgan fingerprint density at radius 2 is 1.42 bits per heavy atom. The van der Waals surface area contributed by atoms with Crippen molar-refractivity contribution >= 4 is 30.2 Å². The van der Waals surface area contributed by atoms with Gasteiger partial charge in [-0.05, 0) is 12.1 Å². The van der Waals surface area contributed by atoms with Crippen LogP contribution in [0.2, 0.25) is 0 Å². The van der Waals surface area contributed by atoms with Gasteiger partial charge in [-0.3, -0.25) is 0 Å². The van der Waals surface area contributed by atoms with Crippen molar-refractivity contribution in [2.45, 2.75) is 0 Å². The van der Waals surface area contributed by atoms with Gasteiger partial charge in [0.2, 0.25) is 0 Å². The maximum Gasteiger partial charge on any atom is 0.0898 e. The third kappa shape index (κ3) is 1.33. The van der Waals surface area contributed by atoms with Gasteiger partial charge in [-0.1, -0.05) is 12.1 Å².